The number of rotatable bonds is 4. The van der Waals surface area contributed by atoms with Crippen LogP contribution in [0.2, 0.25) is 0 Å². The summed E-state index contributed by atoms with van der Waals surface area (Å²) in [4.78, 5) is 4.30. The Balaban J connectivity index is 2.80. The highest BCUT2D eigenvalue weighted by atomic mass is 32.2. The van der Waals surface area contributed by atoms with E-state index in [0.717, 1.165) is 5.56 Å². The summed E-state index contributed by atoms with van der Waals surface area (Å²) >= 11 is 0. The van der Waals surface area contributed by atoms with E-state index < -0.39 is 10.0 Å². The van der Waals surface area contributed by atoms with Crippen molar-refractivity contribution in [2.45, 2.75) is 25.3 Å². The second-order valence-electron chi connectivity index (χ2n) is 4.08. The van der Waals surface area contributed by atoms with Crippen molar-refractivity contribution in [2.24, 2.45) is 21.8 Å². The van der Waals surface area contributed by atoms with Crippen LogP contribution in [0, 0.1) is 5.92 Å². The molecule has 0 unspecified atom stereocenters. The minimum absolute atomic E-state index is 0.0991. The predicted octanol–water partition coefficient (Wildman–Crippen LogP) is 0.847. The third-order valence-electron chi connectivity index (χ3n) is 2.29. The minimum atomic E-state index is -3.62. The number of aliphatic imine (C=N–C) groups is 1. The van der Waals surface area contributed by atoms with Gasteiger partial charge in [0.05, 0.1) is 17.3 Å². The van der Waals surface area contributed by atoms with Gasteiger partial charge < -0.3 is 5.73 Å². The number of hydrogen-bond acceptors (Lipinski definition) is 3. The van der Waals surface area contributed by atoms with Gasteiger partial charge >= 0.3 is 0 Å². The summed E-state index contributed by atoms with van der Waals surface area (Å²) in [7, 11) is -3.62. The average Bonchev–Trinajstić information content (AvgIpc) is 2.25. The number of sulfonamides is 1. The normalized spacial score (nSPS) is 13.1. The number of nitrogens with two attached hydrogens (primary N) is 2. The first kappa shape index (κ1) is 13.7. The van der Waals surface area contributed by atoms with Gasteiger partial charge in [0, 0.05) is 5.92 Å². The van der Waals surface area contributed by atoms with Crippen LogP contribution in [0.4, 0.5) is 0 Å². The van der Waals surface area contributed by atoms with Gasteiger partial charge in [-0.1, -0.05) is 26.0 Å². The average molecular weight is 255 g/mol. The molecule has 0 aliphatic rings. The quantitative estimate of drug-likeness (QED) is 0.616. The van der Waals surface area contributed by atoms with Crippen molar-refractivity contribution < 1.29 is 8.42 Å². The van der Waals surface area contributed by atoms with E-state index in [9.17, 15) is 8.42 Å². The van der Waals surface area contributed by atoms with Crippen LogP contribution in [0.1, 0.15) is 19.4 Å². The highest BCUT2D eigenvalue weighted by Gasteiger charge is 2.06. The number of benzene rings is 1. The minimum Gasteiger partial charge on any atom is -0.387 e. The molecule has 0 amide bonds. The Hall–Kier alpha value is -1.40. The van der Waals surface area contributed by atoms with E-state index in [2.05, 4.69) is 4.99 Å². The van der Waals surface area contributed by atoms with Gasteiger partial charge in [-0.15, -0.1) is 0 Å². The summed E-state index contributed by atoms with van der Waals surface area (Å²) in [5.74, 6) is 0.791. The number of nitrogens with zero attached hydrogens (tertiary/aromatic N) is 1. The second-order valence-corrected chi connectivity index (χ2v) is 5.65. The van der Waals surface area contributed by atoms with E-state index in [4.69, 9.17) is 10.9 Å². The fourth-order valence-corrected chi connectivity index (χ4v) is 1.67. The van der Waals surface area contributed by atoms with Gasteiger partial charge in [-0.25, -0.2) is 13.6 Å². The zero-order chi connectivity index (χ0) is 13.1. The number of amidine groups is 1. The molecule has 0 spiro atoms. The molecule has 0 fully saturated rings. The first-order chi connectivity index (χ1) is 7.80. The Kier molecular flexibility index (Phi) is 4.25. The van der Waals surface area contributed by atoms with Gasteiger partial charge in [0.15, 0.2) is 0 Å². The zero-order valence-corrected chi connectivity index (χ0v) is 10.7. The van der Waals surface area contributed by atoms with E-state index in [1.165, 1.54) is 12.1 Å². The van der Waals surface area contributed by atoms with Crippen molar-refractivity contribution >= 4 is 15.9 Å². The Morgan fingerprint density at radius 2 is 1.82 bits per heavy atom. The summed E-state index contributed by atoms with van der Waals surface area (Å²) in [6, 6.07) is 6.28. The molecule has 17 heavy (non-hydrogen) atoms. The SMILES string of the molecule is CC(C)C(N)=NCc1ccc(S(N)(=O)=O)cc1. The summed E-state index contributed by atoms with van der Waals surface area (Å²) < 4.78 is 22.1. The fourth-order valence-electron chi connectivity index (χ4n) is 1.15. The summed E-state index contributed by atoms with van der Waals surface area (Å²) in [6.07, 6.45) is 0. The van der Waals surface area contributed by atoms with E-state index in [1.54, 1.807) is 12.1 Å². The lowest BCUT2D eigenvalue weighted by Crippen LogP contribution is -2.18. The maximum atomic E-state index is 11.0. The van der Waals surface area contributed by atoms with E-state index in [-0.39, 0.29) is 10.8 Å². The predicted molar refractivity (Wildman–Crippen MR) is 68.0 cm³/mol. The molecule has 0 bridgehead atoms. The Morgan fingerprint density at radius 3 is 2.24 bits per heavy atom. The molecule has 0 saturated carbocycles. The van der Waals surface area contributed by atoms with Crippen molar-refractivity contribution in [3.05, 3.63) is 29.8 Å². The molecule has 4 N–H and O–H groups in total. The van der Waals surface area contributed by atoms with Gasteiger partial charge in [0.25, 0.3) is 0 Å². The van der Waals surface area contributed by atoms with Crippen LogP contribution in [0.3, 0.4) is 0 Å². The van der Waals surface area contributed by atoms with E-state index in [0.29, 0.717) is 12.4 Å². The van der Waals surface area contributed by atoms with Gasteiger partial charge in [-0.3, -0.25) is 4.99 Å². The molecular weight excluding hydrogens is 238 g/mol. The molecule has 1 aromatic carbocycles. The van der Waals surface area contributed by atoms with Gasteiger partial charge in [0.1, 0.15) is 0 Å². The smallest absolute Gasteiger partial charge is 0.238 e. The maximum Gasteiger partial charge on any atom is 0.238 e. The molecule has 0 heterocycles. The third kappa shape index (κ3) is 4.16. The highest BCUT2D eigenvalue weighted by Crippen LogP contribution is 2.09. The molecule has 0 aliphatic heterocycles. The Bertz CT molecular complexity index is 504. The highest BCUT2D eigenvalue weighted by molar-refractivity contribution is 7.89. The van der Waals surface area contributed by atoms with Crippen molar-refractivity contribution in [3.8, 4) is 0 Å². The van der Waals surface area contributed by atoms with E-state index >= 15 is 0 Å². The summed E-state index contributed by atoms with van der Waals surface area (Å²) in [5, 5.41) is 4.99. The van der Waals surface area contributed by atoms with Gasteiger partial charge in [-0.2, -0.15) is 0 Å². The molecule has 0 saturated heterocycles. The van der Waals surface area contributed by atoms with Crippen LogP contribution < -0.4 is 10.9 Å². The van der Waals surface area contributed by atoms with Crippen LogP contribution in [0.15, 0.2) is 34.2 Å². The number of hydrogen-bond donors (Lipinski definition) is 2. The first-order valence-electron chi connectivity index (χ1n) is 5.22. The molecule has 1 rings (SSSR count). The summed E-state index contributed by atoms with van der Waals surface area (Å²) in [5.41, 5.74) is 6.59. The molecule has 6 heteroatoms. The molecule has 0 atom stereocenters. The molecule has 0 aromatic heterocycles. The second kappa shape index (κ2) is 5.29. The number of primary sulfonamides is 1. The molecule has 0 radical (unpaired) electrons. The van der Waals surface area contributed by atoms with Gasteiger partial charge in [-0.05, 0) is 17.7 Å². The summed E-state index contributed by atoms with van der Waals surface area (Å²) in [6.45, 7) is 4.36. The molecule has 1 aromatic rings. The van der Waals surface area contributed by atoms with E-state index in [1.807, 2.05) is 13.8 Å². The molecule has 94 valence electrons. The third-order valence-corrected chi connectivity index (χ3v) is 3.22. The molecular formula is C11H17N3O2S. The topological polar surface area (TPSA) is 98.5 Å². The lowest BCUT2D eigenvalue weighted by Gasteiger charge is -2.04. The van der Waals surface area contributed by atoms with Crippen LogP contribution in [-0.4, -0.2) is 14.3 Å². The monoisotopic (exact) mass is 255 g/mol. The molecule has 5 nitrogen and oxygen atoms in total. The fraction of sp³-hybridized carbons (Fsp3) is 0.364. The lowest BCUT2D eigenvalue weighted by atomic mass is 10.2. The molecule has 0 aliphatic carbocycles. The van der Waals surface area contributed by atoms with Crippen molar-refractivity contribution in [3.63, 3.8) is 0 Å². The van der Waals surface area contributed by atoms with Crippen LogP contribution in [-0.2, 0) is 16.6 Å². The van der Waals surface area contributed by atoms with Crippen LogP contribution in [0.5, 0.6) is 0 Å². The maximum absolute atomic E-state index is 11.0. The largest absolute Gasteiger partial charge is 0.387 e. The lowest BCUT2D eigenvalue weighted by molar-refractivity contribution is 0.598. The van der Waals surface area contributed by atoms with Crippen molar-refractivity contribution in [1.82, 2.24) is 0 Å². The first-order valence-corrected chi connectivity index (χ1v) is 6.77. The Morgan fingerprint density at radius 1 is 1.29 bits per heavy atom. The van der Waals surface area contributed by atoms with Crippen LogP contribution in [0.25, 0.3) is 0 Å². The van der Waals surface area contributed by atoms with Crippen molar-refractivity contribution in [1.29, 1.82) is 0 Å². The Labute approximate surface area is 102 Å². The van der Waals surface area contributed by atoms with Crippen molar-refractivity contribution in [2.75, 3.05) is 0 Å². The standard InChI is InChI=1S/C11H17N3O2S/c1-8(2)11(12)14-7-9-3-5-10(6-4-9)17(13,15)16/h3-6,8H,7H2,1-2H3,(H2,12,14)(H2,13,15,16). The zero-order valence-electron chi connectivity index (χ0n) is 9.92. The van der Waals surface area contributed by atoms with Crippen LogP contribution >= 0.6 is 0 Å². The van der Waals surface area contributed by atoms with Gasteiger partial charge in [0.2, 0.25) is 10.0 Å².